The minimum atomic E-state index is -0.844. The van der Waals surface area contributed by atoms with Crippen LogP contribution in [0.4, 0.5) is 8.78 Å². The molecule has 3 rings (SSSR count). The van der Waals surface area contributed by atoms with Gasteiger partial charge in [0.1, 0.15) is 23.4 Å². The molecule has 0 spiro atoms. The first-order valence-electron chi connectivity index (χ1n) is 9.26. The summed E-state index contributed by atoms with van der Waals surface area (Å²) in [6.07, 6.45) is 9.48. The Bertz CT molecular complexity index is 755. The molecule has 1 amide bonds. The third-order valence-corrected chi connectivity index (χ3v) is 5.85. The van der Waals surface area contributed by atoms with Gasteiger partial charge in [0.2, 0.25) is 0 Å². The molecule has 1 atom stereocenters. The van der Waals surface area contributed by atoms with Gasteiger partial charge in [-0.1, -0.05) is 12.1 Å². The summed E-state index contributed by atoms with van der Waals surface area (Å²) in [7, 11) is 3.86. The lowest BCUT2D eigenvalue weighted by molar-refractivity contribution is 0.0604. The highest BCUT2D eigenvalue weighted by Gasteiger charge is 2.39. The van der Waals surface area contributed by atoms with E-state index in [0.29, 0.717) is 19.4 Å². The molecule has 0 bridgehead atoms. The fourth-order valence-corrected chi connectivity index (χ4v) is 4.44. The zero-order valence-electron chi connectivity index (χ0n) is 16.0. The van der Waals surface area contributed by atoms with Gasteiger partial charge in [-0.15, -0.1) is 0 Å². The zero-order valence-corrected chi connectivity index (χ0v) is 17.6. The van der Waals surface area contributed by atoms with Crippen LogP contribution in [-0.2, 0) is 0 Å². The van der Waals surface area contributed by atoms with Crippen molar-refractivity contribution in [3.63, 3.8) is 0 Å². The molecule has 1 N–H and O–H groups in total. The monoisotopic (exact) mass is 454 g/mol. The molecule has 0 saturated carbocycles. The van der Waals surface area contributed by atoms with E-state index in [2.05, 4.69) is 32.4 Å². The Labute approximate surface area is 173 Å². The van der Waals surface area contributed by atoms with Gasteiger partial charge in [0.15, 0.2) is 0 Å². The van der Waals surface area contributed by atoms with E-state index >= 15 is 0 Å². The largest absolute Gasteiger partial charge is 0.345 e. The van der Waals surface area contributed by atoms with Crippen molar-refractivity contribution in [3.05, 3.63) is 59.8 Å². The quantitative estimate of drug-likeness (QED) is 0.693. The molecule has 2 aliphatic heterocycles. The third kappa shape index (κ3) is 4.61. The number of allylic oxidation sites excluding steroid dienone is 2. The molecule has 1 unspecified atom stereocenters. The summed E-state index contributed by atoms with van der Waals surface area (Å²) in [5.41, 5.74) is -1.06. The molecule has 2 aliphatic rings. The highest BCUT2D eigenvalue weighted by molar-refractivity contribution is 9.07. The number of likely N-dealkylation sites (tertiary alicyclic amines) is 1. The number of carbonyl (C=O) groups is 1. The van der Waals surface area contributed by atoms with Crippen LogP contribution in [-0.4, -0.2) is 65.1 Å². The van der Waals surface area contributed by atoms with E-state index in [0.717, 1.165) is 25.2 Å². The Morgan fingerprint density at radius 1 is 1.25 bits per heavy atom. The first-order valence-corrected chi connectivity index (χ1v) is 9.97. The van der Waals surface area contributed by atoms with E-state index in [4.69, 9.17) is 0 Å². The minimum absolute atomic E-state index is 0.0991. The molecule has 1 aromatic carbocycles. The van der Waals surface area contributed by atoms with Crippen molar-refractivity contribution in [1.82, 2.24) is 19.0 Å². The van der Waals surface area contributed by atoms with Crippen molar-refractivity contribution >= 4 is 22.1 Å². The predicted molar refractivity (Wildman–Crippen MR) is 109 cm³/mol. The number of carbonyl (C=O) groups excluding carboxylic acids is 1. The third-order valence-electron chi connectivity index (χ3n) is 5.19. The second-order valence-corrected chi connectivity index (χ2v) is 8.41. The maximum Gasteiger partial charge on any atom is 0.257 e. The standard InChI is InChI=1S/C20H25BrF2N4O/c1-25(2)14-20(24-19(28)18-15(22)6-5-7-16(18)23)9-12-26(13-10-20)17-8-3-4-11-27(17)21/h3-8,11,17H,9-10,12-14H2,1-2H3,(H,24,28). The van der Waals surface area contributed by atoms with Crippen LogP contribution in [0.3, 0.4) is 0 Å². The van der Waals surface area contributed by atoms with Gasteiger partial charge in [-0.25, -0.2) is 8.78 Å². The number of nitrogens with one attached hydrogen (secondary N) is 1. The van der Waals surface area contributed by atoms with Crippen LogP contribution in [0, 0.1) is 11.6 Å². The highest BCUT2D eigenvalue weighted by Crippen LogP contribution is 2.28. The molecule has 1 fully saturated rings. The molecule has 0 aromatic heterocycles. The Morgan fingerprint density at radius 2 is 1.89 bits per heavy atom. The van der Waals surface area contributed by atoms with E-state index in [1.54, 1.807) is 0 Å². The molecule has 1 aromatic rings. The van der Waals surface area contributed by atoms with Crippen molar-refractivity contribution in [2.45, 2.75) is 24.5 Å². The summed E-state index contributed by atoms with van der Waals surface area (Å²) in [5.74, 6) is -2.39. The number of piperidine rings is 1. The average molecular weight is 455 g/mol. The van der Waals surface area contributed by atoms with E-state index < -0.39 is 28.6 Å². The Balaban J connectivity index is 1.75. The topological polar surface area (TPSA) is 38.8 Å². The molecule has 2 heterocycles. The van der Waals surface area contributed by atoms with Gasteiger partial charge in [-0.2, -0.15) is 0 Å². The van der Waals surface area contributed by atoms with Crippen molar-refractivity contribution in [2.75, 3.05) is 33.7 Å². The smallest absolute Gasteiger partial charge is 0.257 e. The maximum absolute atomic E-state index is 14.0. The van der Waals surface area contributed by atoms with Gasteiger partial charge in [0.25, 0.3) is 5.91 Å². The molecule has 5 nitrogen and oxygen atoms in total. The minimum Gasteiger partial charge on any atom is -0.345 e. The first-order chi connectivity index (χ1) is 13.3. The van der Waals surface area contributed by atoms with Crippen LogP contribution in [0.1, 0.15) is 23.2 Å². The first kappa shape index (κ1) is 21.0. The lowest BCUT2D eigenvalue weighted by atomic mass is 9.86. The van der Waals surface area contributed by atoms with E-state index in [1.165, 1.54) is 6.07 Å². The maximum atomic E-state index is 14.0. The van der Waals surface area contributed by atoms with Gasteiger partial charge in [-0.3, -0.25) is 13.6 Å². The normalized spacial score (nSPS) is 21.9. The van der Waals surface area contributed by atoms with Gasteiger partial charge in [-0.05, 0) is 51.2 Å². The molecular weight excluding hydrogens is 430 g/mol. The fourth-order valence-electron chi connectivity index (χ4n) is 3.91. The van der Waals surface area contributed by atoms with Gasteiger partial charge >= 0.3 is 0 Å². The number of hydrogen-bond donors (Lipinski definition) is 1. The number of amides is 1. The van der Waals surface area contributed by atoms with Crippen LogP contribution in [0.2, 0.25) is 0 Å². The number of hydrogen-bond acceptors (Lipinski definition) is 4. The molecule has 8 heteroatoms. The summed E-state index contributed by atoms with van der Waals surface area (Å²) in [4.78, 5) is 17.0. The lowest BCUT2D eigenvalue weighted by Gasteiger charge is -2.46. The molecular formula is C20H25BrF2N4O. The second-order valence-electron chi connectivity index (χ2n) is 7.59. The average Bonchev–Trinajstić information content (AvgIpc) is 2.62. The van der Waals surface area contributed by atoms with Crippen LogP contribution in [0.25, 0.3) is 0 Å². The van der Waals surface area contributed by atoms with Crippen LogP contribution in [0.15, 0.2) is 42.6 Å². The fraction of sp³-hybridized carbons (Fsp3) is 0.450. The Hall–Kier alpha value is -1.77. The summed E-state index contributed by atoms with van der Waals surface area (Å²) in [6.45, 7) is 2.10. The van der Waals surface area contributed by atoms with Crippen molar-refractivity contribution in [3.8, 4) is 0 Å². The molecule has 0 radical (unpaired) electrons. The van der Waals surface area contributed by atoms with Gasteiger partial charge in [0, 0.05) is 25.8 Å². The Kier molecular flexibility index (Phi) is 6.52. The molecule has 1 saturated heterocycles. The summed E-state index contributed by atoms with van der Waals surface area (Å²) >= 11 is 3.54. The molecule has 0 aliphatic carbocycles. The van der Waals surface area contributed by atoms with Crippen molar-refractivity contribution in [2.24, 2.45) is 0 Å². The molecule has 28 heavy (non-hydrogen) atoms. The van der Waals surface area contributed by atoms with Crippen LogP contribution < -0.4 is 5.32 Å². The summed E-state index contributed by atoms with van der Waals surface area (Å²) < 4.78 is 30.0. The lowest BCUT2D eigenvalue weighted by Crippen LogP contribution is -2.61. The van der Waals surface area contributed by atoms with E-state index in [-0.39, 0.29) is 6.17 Å². The summed E-state index contributed by atoms with van der Waals surface area (Å²) in [6, 6.07) is 3.47. The number of halogens is 3. The van der Waals surface area contributed by atoms with Gasteiger partial charge in [0.05, 0.1) is 21.7 Å². The van der Waals surface area contributed by atoms with E-state index in [1.807, 2.05) is 41.3 Å². The van der Waals surface area contributed by atoms with Crippen LogP contribution >= 0.6 is 16.1 Å². The summed E-state index contributed by atoms with van der Waals surface area (Å²) in [5, 5.41) is 2.95. The van der Waals surface area contributed by atoms with Crippen LogP contribution in [0.5, 0.6) is 0 Å². The predicted octanol–water partition coefficient (Wildman–Crippen LogP) is 3.11. The number of likely N-dealkylation sites (N-methyl/N-ethyl adjacent to an activating group) is 1. The molecule has 152 valence electrons. The number of rotatable bonds is 5. The second kappa shape index (κ2) is 8.71. The van der Waals surface area contributed by atoms with E-state index in [9.17, 15) is 13.6 Å². The Morgan fingerprint density at radius 3 is 2.46 bits per heavy atom. The SMILES string of the molecule is CN(C)CC1(NC(=O)c2c(F)cccc2F)CCN(C2C=CC=CN2Br)CC1. The highest BCUT2D eigenvalue weighted by atomic mass is 79.9. The van der Waals surface area contributed by atoms with Gasteiger partial charge < -0.3 is 10.2 Å². The van der Waals surface area contributed by atoms with Crippen molar-refractivity contribution in [1.29, 1.82) is 0 Å². The zero-order chi connectivity index (χ0) is 20.3. The number of benzene rings is 1. The van der Waals surface area contributed by atoms with Crippen molar-refractivity contribution < 1.29 is 13.6 Å². The number of nitrogens with zero attached hydrogens (tertiary/aromatic N) is 3.